The van der Waals surface area contributed by atoms with E-state index < -0.39 is 5.97 Å². The number of nitrogens with zero attached hydrogens (tertiary/aromatic N) is 3. The molecule has 2 saturated heterocycles. The molecule has 1 aromatic heterocycles. The maximum atomic E-state index is 10.9. The highest BCUT2D eigenvalue weighted by molar-refractivity contribution is 5.69. The van der Waals surface area contributed by atoms with Crippen molar-refractivity contribution in [3.8, 4) is 17.0 Å². The van der Waals surface area contributed by atoms with Crippen LogP contribution < -0.4 is 4.74 Å². The molecule has 4 rings (SSSR count). The summed E-state index contributed by atoms with van der Waals surface area (Å²) < 4.78 is 5.56. The molecule has 0 aliphatic carbocycles. The summed E-state index contributed by atoms with van der Waals surface area (Å²) in [5.74, 6) is 0.409. The Morgan fingerprint density at radius 3 is 2.93 bits per heavy atom. The number of carboxylic acids is 1. The highest BCUT2D eigenvalue weighted by Gasteiger charge is 2.39. The summed E-state index contributed by atoms with van der Waals surface area (Å²) in [7, 11) is 2.21. The van der Waals surface area contributed by atoms with Crippen molar-refractivity contribution in [1.29, 1.82) is 0 Å². The van der Waals surface area contributed by atoms with Gasteiger partial charge >= 0.3 is 5.97 Å². The van der Waals surface area contributed by atoms with Gasteiger partial charge in [0.2, 0.25) is 0 Å². The van der Waals surface area contributed by atoms with E-state index in [1.54, 1.807) is 6.20 Å². The fourth-order valence-electron chi connectivity index (χ4n) is 4.31. The van der Waals surface area contributed by atoms with Crippen LogP contribution in [0.3, 0.4) is 0 Å². The minimum Gasteiger partial charge on any atom is -0.482 e. The minimum atomic E-state index is -0.966. The predicted octanol–water partition coefficient (Wildman–Crippen LogP) is 2.35. The van der Waals surface area contributed by atoms with E-state index in [0.717, 1.165) is 42.4 Å². The number of carbonyl (C=O) groups is 1. The summed E-state index contributed by atoms with van der Waals surface area (Å²) in [6.45, 7) is 3.75. The number of hydrogen-bond acceptors (Lipinski definition) is 5. The van der Waals surface area contributed by atoms with Gasteiger partial charge < -0.3 is 14.7 Å². The molecule has 0 unspecified atom stereocenters. The first kappa shape index (κ1) is 17.9. The van der Waals surface area contributed by atoms with Crippen LogP contribution in [-0.4, -0.2) is 65.2 Å². The molecule has 2 aliphatic rings. The lowest BCUT2D eigenvalue weighted by atomic mass is 10.1. The third kappa shape index (κ3) is 3.96. The zero-order valence-corrected chi connectivity index (χ0v) is 15.5. The van der Waals surface area contributed by atoms with Gasteiger partial charge in [-0.15, -0.1) is 0 Å². The van der Waals surface area contributed by atoms with Gasteiger partial charge in [-0.2, -0.15) is 0 Å². The third-order valence-electron chi connectivity index (χ3n) is 5.67. The predicted molar refractivity (Wildman–Crippen MR) is 103 cm³/mol. The summed E-state index contributed by atoms with van der Waals surface area (Å²) >= 11 is 0. The van der Waals surface area contributed by atoms with Crippen LogP contribution in [0.2, 0.25) is 0 Å². The molecule has 0 saturated carbocycles. The summed E-state index contributed by atoms with van der Waals surface area (Å²) in [6, 6.07) is 12.4. The van der Waals surface area contributed by atoms with Crippen LogP contribution in [0.4, 0.5) is 0 Å². The smallest absolute Gasteiger partial charge is 0.341 e. The lowest BCUT2D eigenvalue weighted by Gasteiger charge is -2.22. The van der Waals surface area contributed by atoms with Gasteiger partial charge in [0.15, 0.2) is 6.61 Å². The number of pyridine rings is 1. The fraction of sp³-hybridized carbons (Fsp3) is 0.429. The highest BCUT2D eigenvalue weighted by atomic mass is 16.5. The number of carboxylic acid groups (broad SMARTS) is 1. The number of hydrogen-bond donors (Lipinski definition) is 1. The van der Waals surface area contributed by atoms with Crippen LogP contribution in [-0.2, 0) is 11.3 Å². The first-order valence-electron chi connectivity index (χ1n) is 9.41. The molecule has 0 amide bonds. The van der Waals surface area contributed by atoms with Crippen LogP contribution in [0, 0.1) is 5.92 Å². The van der Waals surface area contributed by atoms with Crippen LogP contribution in [0.15, 0.2) is 42.6 Å². The molecular weight excluding hydrogens is 342 g/mol. The average molecular weight is 367 g/mol. The van der Waals surface area contributed by atoms with Crippen LogP contribution in [0.25, 0.3) is 11.3 Å². The molecule has 6 heteroatoms. The molecule has 0 bridgehead atoms. The van der Waals surface area contributed by atoms with Crippen molar-refractivity contribution in [2.24, 2.45) is 5.92 Å². The number of likely N-dealkylation sites (N-methyl/N-ethyl adjacent to an activating group) is 1. The first-order chi connectivity index (χ1) is 13.1. The molecule has 142 valence electrons. The number of aromatic nitrogens is 1. The van der Waals surface area contributed by atoms with Crippen molar-refractivity contribution in [3.63, 3.8) is 0 Å². The van der Waals surface area contributed by atoms with Gasteiger partial charge in [0, 0.05) is 43.0 Å². The maximum absolute atomic E-state index is 10.9. The van der Waals surface area contributed by atoms with E-state index in [4.69, 9.17) is 9.84 Å². The molecule has 6 nitrogen and oxygen atoms in total. The summed E-state index contributed by atoms with van der Waals surface area (Å²) in [6.07, 6.45) is 3.04. The quantitative estimate of drug-likeness (QED) is 0.845. The van der Waals surface area contributed by atoms with E-state index in [1.807, 2.05) is 30.3 Å². The van der Waals surface area contributed by atoms with Gasteiger partial charge in [-0.25, -0.2) is 4.79 Å². The summed E-state index contributed by atoms with van der Waals surface area (Å²) in [5.41, 5.74) is 2.94. The Morgan fingerprint density at radius 2 is 2.19 bits per heavy atom. The van der Waals surface area contributed by atoms with Crippen molar-refractivity contribution in [2.75, 3.05) is 33.3 Å². The van der Waals surface area contributed by atoms with Gasteiger partial charge in [0.05, 0.1) is 5.69 Å². The van der Waals surface area contributed by atoms with Crippen molar-refractivity contribution in [1.82, 2.24) is 14.8 Å². The van der Waals surface area contributed by atoms with Crippen molar-refractivity contribution in [3.05, 3.63) is 48.2 Å². The Balaban J connectivity index is 1.57. The first-order valence-corrected chi connectivity index (χ1v) is 9.41. The van der Waals surface area contributed by atoms with Gasteiger partial charge in [0.1, 0.15) is 5.75 Å². The number of ether oxygens (including phenoxy) is 1. The highest BCUT2D eigenvalue weighted by Crippen LogP contribution is 2.33. The summed E-state index contributed by atoms with van der Waals surface area (Å²) in [4.78, 5) is 20.3. The van der Waals surface area contributed by atoms with Crippen LogP contribution in [0.1, 0.15) is 12.0 Å². The maximum Gasteiger partial charge on any atom is 0.341 e. The van der Waals surface area contributed by atoms with Gasteiger partial charge in [-0.05, 0) is 56.3 Å². The Bertz CT molecular complexity index is 812. The van der Waals surface area contributed by atoms with E-state index in [9.17, 15) is 4.79 Å². The van der Waals surface area contributed by atoms with E-state index in [-0.39, 0.29) is 6.61 Å². The standard InChI is InChI=1S/C21H25N3O3/c1-23-9-7-16-11-24(13-19(16)23)12-17-10-15(18-4-2-3-8-22-18)5-6-20(17)27-14-21(25)26/h2-6,8,10,16,19H,7,9,11-14H2,1H3,(H,25,26)/t16-,19+/m1/s1. The van der Waals surface area contributed by atoms with Gasteiger partial charge in [-0.1, -0.05) is 6.07 Å². The number of benzene rings is 1. The van der Waals surface area contributed by atoms with E-state index in [2.05, 4.69) is 27.9 Å². The molecule has 2 aliphatic heterocycles. The fourth-order valence-corrected chi connectivity index (χ4v) is 4.31. The normalized spacial score (nSPS) is 22.7. The molecule has 2 fully saturated rings. The second kappa shape index (κ2) is 7.66. The number of rotatable bonds is 6. The Kier molecular flexibility index (Phi) is 5.09. The lowest BCUT2D eigenvalue weighted by molar-refractivity contribution is -0.139. The lowest BCUT2D eigenvalue weighted by Crippen LogP contribution is -2.32. The molecule has 1 N–H and O–H groups in total. The monoisotopic (exact) mass is 367 g/mol. The van der Waals surface area contributed by atoms with Gasteiger partial charge in [0.25, 0.3) is 0 Å². The number of fused-ring (bicyclic) bond motifs is 1. The second-order valence-electron chi connectivity index (χ2n) is 7.51. The Morgan fingerprint density at radius 1 is 1.30 bits per heavy atom. The number of likely N-dealkylation sites (tertiary alicyclic amines) is 2. The molecule has 0 spiro atoms. The molecule has 3 heterocycles. The third-order valence-corrected chi connectivity index (χ3v) is 5.67. The van der Waals surface area contributed by atoms with Crippen molar-refractivity contribution in [2.45, 2.75) is 19.0 Å². The number of aliphatic carboxylic acids is 1. The van der Waals surface area contributed by atoms with Crippen LogP contribution in [0.5, 0.6) is 5.75 Å². The van der Waals surface area contributed by atoms with Crippen LogP contribution >= 0.6 is 0 Å². The van der Waals surface area contributed by atoms with Crippen molar-refractivity contribution < 1.29 is 14.6 Å². The summed E-state index contributed by atoms with van der Waals surface area (Å²) in [5, 5.41) is 8.97. The molecule has 27 heavy (non-hydrogen) atoms. The molecular formula is C21H25N3O3. The largest absolute Gasteiger partial charge is 0.482 e. The topological polar surface area (TPSA) is 65.9 Å². The van der Waals surface area contributed by atoms with Gasteiger partial charge in [-0.3, -0.25) is 9.88 Å². The SMILES string of the molecule is CN1CC[C@@H]2CN(Cc3cc(-c4ccccn4)ccc3OCC(=O)O)C[C@@H]21. The average Bonchev–Trinajstić information content (AvgIpc) is 3.22. The molecule has 1 aromatic carbocycles. The minimum absolute atomic E-state index is 0.329. The van der Waals surface area contributed by atoms with Crippen molar-refractivity contribution >= 4 is 5.97 Å². The molecule has 2 aromatic rings. The van der Waals surface area contributed by atoms with E-state index >= 15 is 0 Å². The Labute approximate surface area is 159 Å². The Hall–Kier alpha value is -2.44. The second-order valence-corrected chi connectivity index (χ2v) is 7.51. The zero-order chi connectivity index (χ0) is 18.8. The molecule has 0 radical (unpaired) electrons. The van der Waals surface area contributed by atoms with E-state index in [1.165, 1.54) is 13.0 Å². The van der Waals surface area contributed by atoms with E-state index in [0.29, 0.717) is 11.8 Å². The zero-order valence-electron chi connectivity index (χ0n) is 15.5. The molecule has 2 atom stereocenters.